The maximum absolute atomic E-state index is 10.3. The van der Waals surface area contributed by atoms with Crippen LogP contribution in [0.3, 0.4) is 0 Å². The van der Waals surface area contributed by atoms with E-state index < -0.39 is 6.09 Å². The first kappa shape index (κ1) is 12.6. The van der Waals surface area contributed by atoms with E-state index in [4.69, 9.17) is 5.11 Å². The molecule has 1 atom stereocenters. The first-order chi connectivity index (χ1) is 7.63. The van der Waals surface area contributed by atoms with Crippen molar-refractivity contribution in [2.75, 3.05) is 6.54 Å². The predicted molar refractivity (Wildman–Crippen MR) is 64.9 cm³/mol. The molecule has 0 heterocycles. The molecule has 0 spiro atoms. The van der Waals surface area contributed by atoms with E-state index in [1.807, 2.05) is 0 Å². The van der Waals surface area contributed by atoms with Gasteiger partial charge in [-0.15, -0.1) is 0 Å². The lowest BCUT2D eigenvalue weighted by molar-refractivity contribution is 0.194. The number of rotatable bonds is 5. The summed E-state index contributed by atoms with van der Waals surface area (Å²) in [6.07, 6.45) is 0.920. The minimum absolute atomic E-state index is 0.470. The quantitative estimate of drug-likeness (QED) is 0.803. The van der Waals surface area contributed by atoms with Crippen LogP contribution in [0.5, 0.6) is 0 Å². The number of nitrogens with one attached hydrogen (secondary N) is 1. The molecule has 1 aromatic carbocycles. The van der Waals surface area contributed by atoms with Gasteiger partial charge in [-0.3, -0.25) is 0 Å². The Morgan fingerprint density at radius 3 is 2.50 bits per heavy atom. The molecule has 88 valence electrons. The van der Waals surface area contributed by atoms with Crippen molar-refractivity contribution in [3.05, 3.63) is 35.4 Å². The molecule has 3 heteroatoms. The van der Waals surface area contributed by atoms with Gasteiger partial charge in [0, 0.05) is 6.54 Å². The minimum atomic E-state index is -0.962. The highest BCUT2D eigenvalue weighted by Gasteiger charge is 2.02. The molecule has 16 heavy (non-hydrogen) atoms. The Labute approximate surface area is 96.5 Å². The molecule has 0 fully saturated rings. The van der Waals surface area contributed by atoms with Crippen LogP contribution in [0.1, 0.15) is 37.3 Å². The Hall–Kier alpha value is -1.51. The van der Waals surface area contributed by atoms with Crippen LogP contribution in [0.25, 0.3) is 0 Å². The molecule has 0 aliphatic heterocycles. The van der Waals surface area contributed by atoms with Crippen LogP contribution in [0.15, 0.2) is 24.3 Å². The molecule has 0 aliphatic rings. The van der Waals surface area contributed by atoms with Crippen molar-refractivity contribution in [2.45, 2.75) is 32.6 Å². The Balaban J connectivity index is 2.48. The number of hydrogen-bond acceptors (Lipinski definition) is 1. The maximum Gasteiger partial charge on any atom is 0.404 e. The van der Waals surface area contributed by atoms with E-state index in [9.17, 15) is 4.79 Å². The Bertz CT molecular complexity index is 332. The van der Waals surface area contributed by atoms with Crippen LogP contribution in [0.4, 0.5) is 4.79 Å². The van der Waals surface area contributed by atoms with Gasteiger partial charge in [0.2, 0.25) is 0 Å². The second kappa shape index (κ2) is 6.16. The van der Waals surface area contributed by atoms with Crippen LogP contribution in [-0.4, -0.2) is 17.7 Å². The highest BCUT2D eigenvalue weighted by atomic mass is 16.4. The predicted octanol–water partition coefficient (Wildman–Crippen LogP) is 3.01. The molecule has 1 unspecified atom stereocenters. The van der Waals surface area contributed by atoms with E-state index in [1.54, 1.807) is 0 Å². The number of amides is 1. The van der Waals surface area contributed by atoms with Crippen LogP contribution < -0.4 is 5.32 Å². The van der Waals surface area contributed by atoms with Gasteiger partial charge in [-0.2, -0.15) is 0 Å². The highest BCUT2D eigenvalue weighted by molar-refractivity contribution is 5.64. The van der Waals surface area contributed by atoms with Crippen molar-refractivity contribution in [3.8, 4) is 0 Å². The third-order valence-electron chi connectivity index (χ3n) is 2.85. The minimum Gasteiger partial charge on any atom is -0.465 e. The van der Waals surface area contributed by atoms with Gasteiger partial charge in [0.25, 0.3) is 0 Å². The molecular formula is C13H19NO2. The number of carbonyl (C=O) groups is 1. The molecule has 1 aromatic rings. The van der Waals surface area contributed by atoms with Gasteiger partial charge in [-0.05, 0) is 29.9 Å². The number of carboxylic acid groups (broad SMARTS) is 1. The molecule has 3 nitrogen and oxygen atoms in total. The molecule has 0 aromatic heterocycles. The van der Waals surface area contributed by atoms with E-state index in [2.05, 4.69) is 43.4 Å². The van der Waals surface area contributed by atoms with Gasteiger partial charge in [0.05, 0.1) is 0 Å². The monoisotopic (exact) mass is 221 g/mol. The van der Waals surface area contributed by atoms with Crippen molar-refractivity contribution >= 4 is 6.09 Å². The third kappa shape index (κ3) is 3.93. The smallest absolute Gasteiger partial charge is 0.404 e. The summed E-state index contributed by atoms with van der Waals surface area (Å²) < 4.78 is 0. The SMILES string of the molecule is CCC(C)c1ccc(CCNC(=O)O)cc1. The summed E-state index contributed by atoms with van der Waals surface area (Å²) >= 11 is 0. The van der Waals surface area contributed by atoms with E-state index in [1.165, 1.54) is 11.1 Å². The Morgan fingerprint density at radius 2 is 2.00 bits per heavy atom. The molecule has 0 aliphatic carbocycles. The van der Waals surface area contributed by atoms with Crippen molar-refractivity contribution < 1.29 is 9.90 Å². The summed E-state index contributed by atoms with van der Waals surface area (Å²) in [5.41, 5.74) is 2.51. The van der Waals surface area contributed by atoms with E-state index >= 15 is 0 Å². The summed E-state index contributed by atoms with van der Waals surface area (Å²) in [4.78, 5) is 10.3. The molecule has 0 radical (unpaired) electrons. The largest absolute Gasteiger partial charge is 0.465 e. The van der Waals surface area contributed by atoms with E-state index in [0.29, 0.717) is 12.5 Å². The normalized spacial score (nSPS) is 12.1. The van der Waals surface area contributed by atoms with Crippen molar-refractivity contribution in [1.29, 1.82) is 0 Å². The lowest BCUT2D eigenvalue weighted by Gasteiger charge is -2.09. The van der Waals surface area contributed by atoms with E-state index in [0.717, 1.165) is 12.8 Å². The zero-order chi connectivity index (χ0) is 12.0. The lowest BCUT2D eigenvalue weighted by Crippen LogP contribution is -2.23. The first-order valence-electron chi connectivity index (χ1n) is 5.69. The summed E-state index contributed by atoms with van der Waals surface area (Å²) in [7, 11) is 0. The molecule has 1 rings (SSSR count). The standard InChI is InChI=1S/C13H19NO2/c1-3-10(2)12-6-4-11(5-7-12)8-9-14-13(15)16/h4-7,10,14H,3,8-9H2,1-2H3,(H,15,16). The topological polar surface area (TPSA) is 49.3 Å². The fraction of sp³-hybridized carbons (Fsp3) is 0.462. The molecular weight excluding hydrogens is 202 g/mol. The van der Waals surface area contributed by atoms with Crippen LogP contribution in [0, 0.1) is 0 Å². The van der Waals surface area contributed by atoms with Gasteiger partial charge < -0.3 is 10.4 Å². The van der Waals surface area contributed by atoms with E-state index in [-0.39, 0.29) is 0 Å². The summed E-state index contributed by atoms with van der Waals surface area (Å²) in [6.45, 7) is 4.86. The van der Waals surface area contributed by atoms with Crippen molar-refractivity contribution in [1.82, 2.24) is 5.32 Å². The lowest BCUT2D eigenvalue weighted by atomic mass is 9.97. The van der Waals surface area contributed by atoms with Crippen LogP contribution in [0.2, 0.25) is 0 Å². The zero-order valence-corrected chi connectivity index (χ0v) is 9.86. The Kier molecular flexibility index (Phi) is 4.83. The molecule has 2 N–H and O–H groups in total. The fourth-order valence-corrected chi connectivity index (χ4v) is 1.56. The second-order valence-electron chi connectivity index (χ2n) is 4.03. The van der Waals surface area contributed by atoms with Crippen LogP contribution >= 0.6 is 0 Å². The van der Waals surface area contributed by atoms with Gasteiger partial charge in [-0.1, -0.05) is 38.1 Å². The second-order valence-corrected chi connectivity index (χ2v) is 4.03. The molecule has 0 saturated heterocycles. The van der Waals surface area contributed by atoms with Crippen molar-refractivity contribution in [3.63, 3.8) is 0 Å². The first-order valence-corrected chi connectivity index (χ1v) is 5.69. The van der Waals surface area contributed by atoms with Gasteiger partial charge >= 0.3 is 6.09 Å². The average Bonchev–Trinajstić information content (AvgIpc) is 2.28. The number of hydrogen-bond donors (Lipinski definition) is 2. The fourth-order valence-electron chi connectivity index (χ4n) is 1.56. The molecule has 0 bridgehead atoms. The van der Waals surface area contributed by atoms with Gasteiger partial charge in [0.1, 0.15) is 0 Å². The van der Waals surface area contributed by atoms with Gasteiger partial charge in [0.15, 0.2) is 0 Å². The third-order valence-corrected chi connectivity index (χ3v) is 2.85. The summed E-state index contributed by atoms with van der Waals surface area (Å²) in [5, 5.41) is 10.8. The molecule has 0 saturated carbocycles. The highest BCUT2D eigenvalue weighted by Crippen LogP contribution is 2.18. The zero-order valence-electron chi connectivity index (χ0n) is 9.86. The average molecular weight is 221 g/mol. The van der Waals surface area contributed by atoms with Crippen LogP contribution in [-0.2, 0) is 6.42 Å². The van der Waals surface area contributed by atoms with Gasteiger partial charge in [-0.25, -0.2) is 4.79 Å². The Morgan fingerprint density at radius 1 is 1.38 bits per heavy atom. The summed E-state index contributed by atoms with van der Waals surface area (Å²) in [5.74, 6) is 0.589. The molecule has 1 amide bonds. The summed E-state index contributed by atoms with van der Waals surface area (Å²) in [6, 6.07) is 8.41. The number of benzene rings is 1. The maximum atomic E-state index is 10.3. The van der Waals surface area contributed by atoms with Crippen molar-refractivity contribution in [2.24, 2.45) is 0 Å².